The number of carbonyl (C=O) groups excluding carboxylic acids is 1. The van der Waals surface area contributed by atoms with Crippen LogP contribution in [0, 0.1) is 5.92 Å². The van der Waals surface area contributed by atoms with Crippen LogP contribution in [-0.4, -0.2) is 35.4 Å². The lowest BCUT2D eigenvalue weighted by Crippen LogP contribution is -2.45. The van der Waals surface area contributed by atoms with Crippen LogP contribution in [0.1, 0.15) is 36.4 Å². The number of nitrogens with one attached hydrogen (secondary N) is 1. The molecule has 0 spiro atoms. The molecule has 2 rings (SSSR count). The van der Waals surface area contributed by atoms with Gasteiger partial charge in [-0.3, -0.25) is 4.79 Å². The number of carbonyl (C=O) groups is 1. The number of nitrogen functional groups attached to an aromatic ring is 1. The number of thiazole rings is 1. The average Bonchev–Trinajstić information content (AvgIpc) is 2.73. The molecule has 1 aliphatic rings. The van der Waals surface area contributed by atoms with Crippen molar-refractivity contribution in [2.24, 2.45) is 5.92 Å². The summed E-state index contributed by atoms with van der Waals surface area (Å²) in [7, 11) is 1.78. The van der Waals surface area contributed by atoms with Crippen molar-refractivity contribution in [3.05, 3.63) is 4.88 Å². The Morgan fingerprint density at radius 1 is 1.56 bits per heavy atom. The molecular weight excluding hydrogens is 248 g/mol. The number of piperidine rings is 1. The topological polar surface area (TPSA) is 71.2 Å². The van der Waals surface area contributed by atoms with Crippen LogP contribution >= 0.6 is 11.3 Å². The van der Waals surface area contributed by atoms with Crippen molar-refractivity contribution in [2.75, 3.05) is 24.6 Å². The zero-order valence-electron chi connectivity index (χ0n) is 11.1. The first-order chi connectivity index (χ1) is 8.54. The highest BCUT2D eigenvalue weighted by molar-refractivity contribution is 7.18. The van der Waals surface area contributed by atoms with Gasteiger partial charge < -0.3 is 16.0 Å². The van der Waals surface area contributed by atoms with Crippen LogP contribution in [0.2, 0.25) is 0 Å². The van der Waals surface area contributed by atoms with Crippen LogP contribution in [0.4, 0.5) is 10.9 Å². The zero-order chi connectivity index (χ0) is 13.3. The molecule has 3 N–H and O–H groups in total. The molecule has 0 aromatic carbocycles. The van der Waals surface area contributed by atoms with E-state index in [0.717, 1.165) is 13.0 Å². The Kier molecular flexibility index (Phi) is 3.75. The number of likely N-dealkylation sites (tertiary alicyclic amines) is 1. The van der Waals surface area contributed by atoms with E-state index in [9.17, 15) is 4.79 Å². The molecule has 5 nitrogen and oxygen atoms in total. The van der Waals surface area contributed by atoms with Gasteiger partial charge in [0.2, 0.25) is 0 Å². The molecule has 0 saturated carbocycles. The molecule has 0 radical (unpaired) electrons. The van der Waals surface area contributed by atoms with Gasteiger partial charge in [-0.2, -0.15) is 0 Å². The van der Waals surface area contributed by atoms with Gasteiger partial charge in [0.15, 0.2) is 5.13 Å². The van der Waals surface area contributed by atoms with Crippen molar-refractivity contribution < 1.29 is 4.79 Å². The Balaban J connectivity index is 2.22. The molecule has 2 unspecified atom stereocenters. The van der Waals surface area contributed by atoms with Crippen molar-refractivity contribution in [3.8, 4) is 0 Å². The van der Waals surface area contributed by atoms with E-state index >= 15 is 0 Å². The molecule has 18 heavy (non-hydrogen) atoms. The van der Waals surface area contributed by atoms with Crippen LogP contribution in [0.15, 0.2) is 0 Å². The number of aromatic nitrogens is 1. The standard InChI is InChI=1S/C12H20N4OS/c1-7-5-4-6-16(8(7)2)11(17)9-10(13)15-12(14-3)18-9/h7-8H,4-6,13H2,1-3H3,(H,14,15). The van der Waals surface area contributed by atoms with Crippen LogP contribution in [0.3, 0.4) is 0 Å². The summed E-state index contributed by atoms with van der Waals surface area (Å²) in [5.74, 6) is 0.894. The van der Waals surface area contributed by atoms with Crippen LogP contribution in [0.5, 0.6) is 0 Å². The van der Waals surface area contributed by atoms with Crippen LogP contribution < -0.4 is 11.1 Å². The predicted molar refractivity (Wildman–Crippen MR) is 75.0 cm³/mol. The molecule has 100 valence electrons. The van der Waals surface area contributed by atoms with Gasteiger partial charge in [0.1, 0.15) is 10.7 Å². The van der Waals surface area contributed by atoms with Crippen LogP contribution in [0.25, 0.3) is 0 Å². The Morgan fingerprint density at radius 3 is 2.89 bits per heavy atom. The fourth-order valence-corrected chi connectivity index (χ4v) is 3.14. The summed E-state index contributed by atoms with van der Waals surface area (Å²) in [5.41, 5.74) is 5.82. The van der Waals surface area contributed by atoms with Crippen molar-refractivity contribution in [2.45, 2.75) is 32.7 Å². The van der Waals surface area contributed by atoms with Crippen molar-refractivity contribution >= 4 is 28.2 Å². The maximum absolute atomic E-state index is 12.5. The number of anilines is 2. The van der Waals surface area contributed by atoms with Gasteiger partial charge in [-0.15, -0.1) is 0 Å². The van der Waals surface area contributed by atoms with Gasteiger partial charge in [-0.05, 0) is 25.7 Å². The number of rotatable bonds is 2. The van der Waals surface area contributed by atoms with E-state index < -0.39 is 0 Å². The van der Waals surface area contributed by atoms with Crippen molar-refractivity contribution in [1.82, 2.24) is 9.88 Å². The molecule has 1 amide bonds. The summed E-state index contributed by atoms with van der Waals surface area (Å²) in [6.07, 6.45) is 2.25. The maximum Gasteiger partial charge on any atom is 0.268 e. The molecule has 1 fully saturated rings. The third kappa shape index (κ3) is 2.29. The highest BCUT2D eigenvalue weighted by atomic mass is 32.1. The van der Waals surface area contributed by atoms with Crippen molar-refractivity contribution in [1.29, 1.82) is 0 Å². The smallest absolute Gasteiger partial charge is 0.268 e. The fourth-order valence-electron chi connectivity index (χ4n) is 2.34. The van der Waals surface area contributed by atoms with Gasteiger partial charge in [0, 0.05) is 19.6 Å². The lowest BCUT2D eigenvalue weighted by molar-refractivity contribution is 0.0557. The van der Waals surface area contributed by atoms with Gasteiger partial charge in [0.05, 0.1) is 0 Å². The molecule has 1 aromatic rings. The molecule has 1 aliphatic heterocycles. The predicted octanol–water partition coefficient (Wildman–Crippen LogP) is 2.03. The summed E-state index contributed by atoms with van der Waals surface area (Å²) < 4.78 is 0. The zero-order valence-corrected chi connectivity index (χ0v) is 11.9. The largest absolute Gasteiger partial charge is 0.382 e. The van der Waals surface area contributed by atoms with E-state index in [0.29, 0.717) is 21.7 Å². The number of nitrogens with zero attached hydrogens (tertiary/aromatic N) is 2. The second-order valence-corrected chi connectivity index (χ2v) is 5.84. The lowest BCUT2D eigenvalue weighted by atomic mass is 9.92. The molecule has 6 heteroatoms. The van der Waals surface area contributed by atoms with E-state index in [-0.39, 0.29) is 11.9 Å². The monoisotopic (exact) mass is 268 g/mol. The highest BCUT2D eigenvalue weighted by Gasteiger charge is 2.31. The molecule has 1 saturated heterocycles. The molecule has 0 aliphatic carbocycles. The summed E-state index contributed by atoms with van der Waals surface area (Å²) >= 11 is 1.33. The second-order valence-electron chi connectivity index (χ2n) is 4.84. The van der Waals surface area contributed by atoms with E-state index in [1.165, 1.54) is 17.8 Å². The Bertz CT molecular complexity index is 445. The van der Waals surface area contributed by atoms with E-state index in [1.54, 1.807) is 7.05 Å². The van der Waals surface area contributed by atoms with Crippen molar-refractivity contribution in [3.63, 3.8) is 0 Å². The molecular formula is C12H20N4OS. The molecule has 0 bridgehead atoms. The normalized spacial score (nSPS) is 24.1. The Hall–Kier alpha value is -1.30. The third-order valence-corrected chi connectivity index (χ3v) is 4.77. The van der Waals surface area contributed by atoms with Gasteiger partial charge in [-0.1, -0.05) is 18.3 Å². The maximum atomic E-state index is 12.5. The first-order valence-corrected chi connectivity index (χ1v) is 7.11. The fraction of sp³-hybridized carbons (Fsp3) is 0.667. The SMILES string of the molecule is CNc1nc(N)c(C(=O)N2CCCC(C)C2C)s1. The molecule has 2 heterocycles. The van der Waals surface area contributed by atoms with E-state index in [4.69, 9.17) is 5.73 Å². The highest BCUT2D eigenvalue weighted by Crippen LogP contribution is 2.30. The molecule has 2 atom stereocenters. The second kappa shape index (κ2) is 5.14. The Morgan fingerprint density at radius 2 is 2.28 bits per heavy atom. The summed E-state index contributed by atoms with van der Waals surface area (Å²) in [4.78, 5) is 19.1. The van der Waals surface area contributed by atoms with Gasteiger partial charge >= 0.3 is 0 Å². The molecule has 1 aromatic heterocycles. The average molecular weight is 268 g/mol. The summed E-state index contributed by atoms with van der Waals surface area (Å²) in [6.45, 7) is 5.12. The van der Waals surface area contributed by atoms with Crippen LogP contribution in [-0.2, 0) is 0 Å². The Labute approximate surface area is 111 Å². The minimum atomic E-state index is 0.0190. The van der Waals surface area contributed by atoms with E-state index in [1.807, 2.05) is 4.90 Å². The number of hydrogen-bond donors (Lipinski definition) is 2. The first-order valence-electron chi connectivity index (χ1n) is 6.29. The van der Waals surface area contributed by atoms with Gasteiger partial charge in [0.25, 0.3) is 5.91 Å². The number of hydrogen-bond acceptors (Lipinski definition) is 5. The number of amides is 1. The minimum Gasteiger partial charge on any atom is -0.382 e. The summed E-state index contributed by atoms with van der Waals surface area (Å²) in [5, 5.41) is 3.61. The third-order valence-electron chi connectivity index (χ3n) is 3.70. The quantitative estimate of drug-likeness (QED) is 0.861. The first kappa shape index (κ1) is 13.1. The summed E-state index contributed by atoms with van der Waals surface area (Å²) in [6, 6.07) is 0.269. The van der Waals surface area contributed by atoms with Gasteiger partial charge in [-0.25, -0.2) is 4.98 Å². The minimum absolute atomic E-state index is 0.0190. The number of nitrogens with two attached hydrogens (primary N) is 1. The lowest BCUT2D eigenvalue weighted by Gasteiger charge is -2.37. The van der Waals surface area contributed by atoms with E-state index in [2.05, 4.69) is 24.1 Å².